The number of hydrogen-bond donors (Lipinski definition) is 0. The highest BCUT2D eigenvalue weighted by Crippen LogP contribution is 2.29. The largest absolute Gasteiger partial charge is 0.474 e. The van der Waals surface area contributed by atoms with Crippen LogP contribution in [-0.2, 0) is 4.79 Å². The summed E-state index contributed by atoms with van der Waals surface area (Å²) < 4.78 is 5.87. The summed E-state index contributed by atoms with van der Waals surface area (Å²) in [6.07, 6.45) is 8.97. The number of hydrogen-bond acceptors (Lipinski definition) is 4. The van der Waals surface area contributed by atoms with E-state index in [1.807, 2.05) is 34.9 Å². The average molecular weight is 320 g/mol. The van der Waals surface area contributed by atoms with Crippen molar-refractivity contribution in [3.8, 4) is 5.88 Å². The Morgan fingerprint density at radius 2 is 2.00 bits per heavy atom. The normalized spacial score (nSPS) is 20.3. The molecule has 3 rings (SSSR count). The number of thioether (sulfide) groups is 1. The van der Waals surface area contributed by atoms with Crippen LogP contribution in [0.3, 0.4) is 0 Å². The lowest BCUT2D eigenvalue weighted by Crippen LogP contribution is -2.42. The molecular formula is C17H24N2O2S. The predicted molar refractivity (Wildman–Crippen MR) is 89.2 cm³/mol. The van der Waals surface area contributed by atoms with Crippen molar-refractivity contribution >= 4 is 17.7 Å². The van der Waals surface area contributed by atoms with Crippen LogP contribution >= 0.6 is 11.8 Å². The number of ether oxygens (including phenoxy) is 1. The van der Waals surface area contributed by atoms with Crippen molar-refractivity contribution in [1.82, 2.24) is 9.88 Å². The first-order valence-corrected chi connectivity index (χ1v) is 9.33. The van der Waals surface area contributed by atoms with Crippen LogP contribution in [-0.4, -0.2) is 46.0 Å². The predicted octanol–water partition coefficient (Wildman–Crippen LogP) is 3.13. The summed E-state index contributed by atoms with van der Waals surface area (Å²) in [6.45, 7) is 1.61. The number of carbonyl (C=O) groups is 1. The molecule has 22 heavy (non-hydrogen) atoms. The lowest BCUT2D eigenvalue weighted by atomic mass is 10.1. The highest BCUT2D eigenvalue weighted by atomic mass is 32.2. The molecule has 120 valence electrons. The molecular weight excluding hydrogens is 296 g/mol. The van der Waals surface area contributed by atoms with Gasteiger partial charge in [0.2, 0.25) is 11.8 Å². The number of nitrogens with zero attached hydrogens (tertiary/aromatic N) is 2. The Morgan fingerprint density at radius 3 is 2.68 bits per heavy atom. The van der Waals surface area contributed by atoms with Crippen molar-refractivity contribution in [2.75, 3.05) is 18.8 Å². The van der Waals surface area contributed by atoms with Crippen LogP contribution in [0, 0.1) is 0 Å². The molecule has 0 unspecified atom stereocenters. The lowest BCUT2D eigenvalue weighted by Gasteiger charge is -2.32. The third-order valence-electron chi connectivity index (χ3n) is 4.46. The zero-order chi connectivity index (χ0) is 15.2. The first-order valence-electron chi connectivity index (χ1n) is 8.28. The van der Waals surface area contributed by atoms with Gasteiger partial charge in [-0.2, -0.15) is 0 Å². The van der Waals surface area contributed by atoms with Crippen LogP contribution in [0.15, 0.2) is 24.4 Å². The monoisotopic (exact) mass is 320 g/mol. The van der Waals surface area contributed by atoms with E-state index >= 15 is 0 Å². The maximum absolute atomic E-state index is 12.3. The van der Waals surface area contributed by atoms with Gasteiger partial charge in [-0.05, 0) is 18.9 Å². The molecule has 0 radical (unpaired) electrons. The van der Waals surface area contributed by atoms with Crippen molar-refractivity contribution in [3.05, 3.63) is 24.4 Å². The maximum atomic E-state index is 12.3. The van der Waals surface area contributed by atoms with E-state index in [1.165, 1.54) is 25.7 Å². The second kappa shape index (κ2) is 7.86. The topological polar surface area (TPSA) is 42.4 Å². The van der Waals surface area contributed by atoms with Gasteiger partial charge in [0.1, 0.15) is 6.10 Å². The van der Waals surface area contributed by atoms with Gasteiger partial charge in [0.15, 0.2) is 0 Å². The molecule has 0 atom stereocenters. The molecule has 1 amide bonds. The number of piperidine rings is 1. The van der Waals surface area contributed by atoms with Gasteiger partial charge >= 0.3 is 0 Å². The van der Waals surface area contributed by atoms with Crippen LogP contribution in [0.1, 0.15) is 38.5 Å². The molecule has 5 heteroatoms. The van der Waals surface area contributed by atoms with E-state index in [1.54, 1.807) is 6.20 Å². The maximum Gasteiger partial charge on any atom is 0.232 e. The van der Waals surface area contributed by atoms with Gasteiger partial charge in [0, 0.05) is 43.4 Å². The Hall–Kier alpha value is -1.23. The summed E-state index contributed by atoms with van der Waals surface area (Å²) in [5.74, 6) is 1.63. The Morgan fingerprint density at radius 1 is 1.23 bits per heavy atom. The Kier molecular flexibility index (Phi) is 5.59. The van der Waals surface area contributed by atoms with Crippen LogP contribution in [0.5, 0.6) is 5.88 Å². The molecule has 0 aromatic carbocycles. The summed E-state index contributed by atoms with van der Waals surface area (Å²) in [7, 11) is 0. The number of pyridine rings is 1. The molecule has 0 N–H and O–H groups in total. The van der Waals surface area contributed by atoms with E-state index in [2.05, 4.69) is 4.98 Å². The van der Waals surface area contributed by atoms with Gasteiger partial charge in [-0.15, -0.1) is 11.8 Å². The molecule has 1 saturated heterocycles. The Balaban J connectivity index is 1.38. The standard InChI is InChI=1S/C17H24N2O2S/c20-17(13-22-15-5-1-2-6-15)19-11-8-14(9-12-19)21-16-7-3-4-10-18-16/h3-4,7,10,14-15H,1-2,5-6,8-9,11-13H2. The third-order valence-corrected chi connectivity index (χ3v) is 5.82. The van der Waals surface area contributed by atoms with Crippen molar-refractivity contribution in [2.45, 2.75) is 49.9 Å². The van der Waals surface area contributed by atoms with Gasteiger partial charge in [-0.25, -0.2) is 4.98 Å². The smallest absolute Gasteiger partial charge is 0.232 e. The molecule has 1 aliphatic carbocycles. The van der Waals surface area contributed by atoms with Gasteiger partial charge in [0.25, 0.3) is 0 Å². The van der Waals surface area contributed by atoms with Gasteiger partial charge < -0.3 is 9.64 Å². The molecule has 1 aromatic rings. The number of carbonyl (C=O) groups excluding carboxylic acids is 1. The molecule has 0 spiro atoms. The lowest BCUT2D eigenvalue weighted by molar-refractivity contribution is -0.130. The van der Waals surface area contributed by atoms with E-state index < -0.39 is 0 Å². The molecule has 4 nitrogen and oxygen atoms in total. The molecule has 2 fully saturated rings. The van der Waals surface area contributed by atoms with E-state index in [-0.39, 0.29) is 6.10 Å². The third kappa shape index (κ3) is 4.38. The highest BCUT2D eigenvalue weighted by Gasteiger charge is 2.25. The Labute approximate surface area is 136 Å². The number of amides is 1. The SMILES string of the molecule is O=C(CSC1CCCC1)N1CCC(Oc2ccccn2)CC1. The first-order chi connectivity index (χ1) is 10.8. The second-order valence-electron chi connectivity index (χ2n) is 6.08. The highest BCUT2D eigenvalue weighted by molar-refractivity contribution is 8.00. The van der Waals surface area contributed by atoms with E-state index in [0.29, 0.717) is 22.8 Å². The Bertz CT molecular complexity index is 469. The summed E-state index contributed by atoms with van der Waals surface area (Å²) in [5.41, 5.74) is 0. The summed E-state index contributed by atoms with van der Waals surface area (Å²) in [5, 5.41) is 0.717. The van der Waals surface area contributed by atoms with Crippen molar-refractivity contribution in [2.24, 2.45) is 0 Å². The van der Waals surface area contributed by atoms with Crippen LogP contribution in [0.25, 0.3) is 0 Å². The molecule has 2 heterocycles. The second-order valence-corrected chi connectivity index (χ2v) is 7.37. The van der Waals surface area contributed by atoms with Gasteiger partial charge in [-0.3, -0.25) is 4.79 Å². The number of likely N-dealkylation sites (tertiary alicyclic amines) is 1. The van der Waals surface area contributed by atoms with E-state index in [9.17, 15) is 4.79 Å². The van der Waals surface area contributed by atoms with Crippen LogP contribution < -0.4 is 4.74 Å². The van der Waals surface area contributed by atoms with Crippen molar-refractivity contribution in [3.63, 3.8) is 0 Å². The van der Waals surface area contributed by atoms with Gasteiger partial charge in [-0.1, -0.05) is 18.9 Å². The van der Waals surface area contributed by atoms with Crippen LogP contribution in [0.2, 0.25) is 0 Å². The minimum Gasteiger partial charge on any atom is -0.474 e. The van der Waals surface area contributed by atoms with Crippen molar-refractivity contribution < 1.29 is 9.53 Å². The summed E-state index contributed by atoms with van der Waals surface area (Å²) in [4.78, 5) is 18.5. The molecule has 1 aliphatic heterocycles. The minimum absolute atomic E-state index is 0.182. The molecule has 2 aliphatic rings. The fraction of sp³-hybridized carbons (Fsp3) is 0.647. The molecule has 0 bridgehead atoms. The van der Waals surface area contributed by atoms with Gasteiger partial charge in [0.05, 0.1) is 5.75 Å². The average Bonchev–Trinajstić information content (AvgIpc) is 3.08. The van der Waals surface area contributed by atoms with E-state index in [0.717, 1.165) is 25.9 Å². The molecule has 1 saturated carbocycles. The van der Waals surface area contributed by atoms with Crippen LogP contribution in [0.4, 0.5) is 0 Å². The zero-order valence-corrected chi connectivity index (χ0v) is 13.8. The fourth-order valence-electron chi connectivity index (χ4n) is 3.15. The molecule has 1 aromatic heterocycles. The quantitative estimate of drug-likeness (QED) is 0.836. The first kappa shape index (κ1) is 15.7. The summed E-state index contributed by atoms with van der Waals surface area (Å²) >= 11 is 1.86. The fourth-order valence-corrected chi connectivity index (χ4v) is 4.37. The zero-order valence-electron chi connectivity index (χ0n) is 12.9. The van der Waals surface area contributed by atoms with Crippen molar-refractivity contribution in [1.29, 1.82) is 0 Å². The number of rotatable bonds is 5. The summed E-state index contributed by atoms with van der Waals surface area (Å²) in [6, 6.07) is 5.70. The minimum atomic E-state index is 0.182. The number of aromatic nitrogens is 1. The van der Waals surface area contributed by atoms with E-state index in [4.69, 9.17) is 4.74 Å².